The molecular formula is C17H18N2O3. The van der Waals surface area contributed by atoms with Gasteiger partial charge in [0.15, 0.2) is 0 Å². The second-order valence-electron chi connectivity index (χ2n) is 5.13. The van der Waals surface area contributed by atoms with Gasteiger partial charge in [0.05, 0.1) is 6.42 Å². The normalized spacial score (nSPS) is 10.3. The maximum atomic E-state index is 12.7. The largest absolute Gasteiger partial charge is 0.481 e. The van der Waals surface area contributed by atoms with E-state index >= 15 is 0 Å². The van der Waals surface area contributed by atoms with Crippen LogP contribution in [0, 0.1) is 13.8 Å². The smallest absolute Gasteiger partial charge is 0.305 e. The predicted molar refractivity (Wildman–Crippen MR) is 84.1 cm³/mol. The van der Waals surface area contributed by atoms with Gasteiger partial charge in [-0.05, 0) is 37.6 Å². The Hall–Kier alpha value is -2.69. The Morgan fingerprint density at radius 2 is 1.82 bits per heavy atom. The molecule has 1 heterocycles. The number of aromatic nitrogens is 1. The summed E-state index contributed by atoms with van der Waals surface area (Å²) >= 11 is 0. The molecule has 1 aromatic heterocycles. The second kappa shape index (κ2) is 6.85. The number of nitrogens with zero attached hydrogens (tertiary/aromatic N) is 2. The molecule has 0 unspecified atom stereocenters. The van der Waals surface area contributed by atoms with E-state index < -0.39 is 5.97 Å². The maximum absolute atomic E-state index is 12.7. The Labute approximate surface area is 129 Å². The zero-order chi connectivity index (χ0) is 16.1. The van der Waals surface area contributed by atoms with Crippen molar-refractivity contribution in [3.63, 3.8) is 0 Å². The van der Waals surface area contributed by atoms with E-state index in [-0.39, 0.29) is 18.9 Å². The minimum atomic E-state index is -0.933. The van der Waals surface area contributed by atoms with Gasteiger partial charge >= 0.3 is 5.97 Å². The van der Waals surface area contributed by atoms with E-state index in [1.54, 1.807) is 24.5 Å². The summed E-state index contributed by atoms with van der Waals surface area (Å²) in [5.74, 6) is -1.16. The Morgan fingerprint density at radius 1 is 1.14 bits per heavy atom. The zero-order valence-corrected chi connectivity index (χ0v) is 12.6. The molecule has 5 heteroatoms. The van der Waals surface area contributed by atoms with Crippen LogP contribution < -0.4 is 4.90 Å². The molecule has 0 spiro atoms. The van der Waals surface area contributed by atoms with Gasteiger partial charge in [-0.15, -0.1) is 0 Å². The molecule has 114 valence electrons. The highest BCUT2D eigenvalue weighted by Gasteiger charge is 2.20. The third-order valence-electron chi connectivity index (χ3n) is 3.36. The molecule has 5 nitrogen and oxygen atoms in total. The topological polar surface area (TPSA) is 70.5 Å². The lowest BCUT2D eigenvalue weighted by atomic mass is 10.1. The van der Waals surface area contributed by atoms with Crippen molar-refractivity contribution >= 4 is 17.6 Å². The van der Waals surface area contributed by atoms with Crippen molar-refractivity contribution in [2.75, 3.05) is 11.4 Å². The number of pyridine rings is 1. The first-order chi connectivity index (χ1) is 10.5. The summed E-state index contributed by atoms with van der Waals surface area (Å²) in [6.45, 7) is 4.01. The number of carboxylic acid groups (broad SMARTS) is 1. The number of aliphatic carboxylic acids is 1. The molecule has 1 amide bonds. The van der Waals surface area contributed by atoms with Crippen LogP contribution >= 0.6 is 0 Å². The summed E-state index contributed by atoms with van der Waals surface area (Å²) < 4.78 is 0. The van der Waals surface area contributed by atoms with Crippen LogP contribution in [0.3, 0.4) is 0 Å². The Bertz CT molecular complexity index is 684. The highest BCUT2D eigenvalue weighted by Crippen LogP contribution is 2.23. The molecule has 0 aliphatic carbocycles. The van der Waals surface area contributed by atoms with Crippen molar-refractivity contribution in [3.05, 3.63) is 59.4 Å². The Balaban J connectivity index is 2.37. The predicted octanol–water partition coefficient (Wildman–Crippen LogP) is 2.82. The lowest BCUT2D eigenvalue weighted by molar-refractivity contribution is -0.136. The summed E-state index contributed by atoms with van der Waals surface area (Å²) in [7, 11) is 0. The quantitative estimate of drug-likeness (QED) is 0.921. The molecule has 0 atom stereocenters. The van der Waals surface area contributed by atoms with E-state index in [1.165, 1.54) is 4.90 Å². The highest BCUT2D eigenvalue weighted by molar-refractivity contribution is 6.06. The lowest BCUT2D eigenvalue weighted by Gasteiger charge is -2.24. The Morgan fingerprint density at radius 3 is 2.41 bits per heavy atom. The number of aryl methyl sites for hydroxylation is 2. The number of carboxylic acids is 1. The molecule has 0 fully saturated rings. The van der Waals surface area contributed by atoms with Crippen molar-refractivity contribution in [3.8, 4) is 0 Å². The number of carbonyl (C=O) groups is 2. The third kappa shape index (κ3) is 3.69. The lowest BCUT2D eigenvalue weighted by Crippen LogP contribution is -2.33. The molecule has 0 saturated carbocycles. The number of anilines is 1. The van der Waals surface area contributed by atoms with Crippen LogP contribution in [0.2, 0.25) is 0 Å². The fraction of sp³-hybridized carbons (Fsp3) is 0.235. The molecule has 0 aliphatic heterocycles. The first-order valence-electron chi connectivity index (χ1n) is 7.00. The van der Waals surface area contributed by atoms with Gasteiger partial charge < -0.3 is 10.0 Å². The van der Waals surface area contributed by atoms with E-state index in [0.717, 1.165) is 16.8 Å². The summed E-state index contributed by atoms with van der Waals surface area (Å²) in [6.07, 6.45) is 2.99. The zero-order valence-electron chi connectivity index (χ0n) is 12.6. The van der Waals surface area contributed by atoms with Crippen molar-refractivity contribution in [2.24, 2.45) is 0 Å². The Kier molecular flexibility index (Phi) is 4.88. The number of benzene rings is 1. The molecule has 1 N–H and O–H groups in total. The molecule has 0 bridgehead atoms. The van der Waals surface area contributed by atoms with Crippen LogP contribution in [0.5, 0.6) is 0 Å². The van der Waals surface area contributed by atoms with Crippen LogP contribution in [-0.4, -0.2) is 28.5 Å². The molecular weight excluding hydrogens is 280 g/mol. The van der Waals surface area contributed by atoms with Gasteiger partial charge in [-0.25, -0.2) is 0 Å². The van der Waals surface area contributed by atoms with Gasteiger partial charge in [-0.3, -0.25) is 14.6 Å². The number of carbonyl (C=O) groups excluding carboxylic acids is 1. The van der Waals surface area contributed by atoms with E-state index in [9.17, 15) is 9.59 Å². The fourth-order valence-corrected chi connectivity index (χ4v) is 2.30. The van der Waals surface area contributed by atoms with Gasteiger partial charge in [0.2, 0.25) is 0 Å². The van der Waals surface area contributed by atoms with Crippen LogP contribution in [0.1, 0.15) is 27.9 Å². The minimum absolute atomic E-state index is 0.107. The molecule has 22 heavy (non-hydrogen) atoms. The number of hydrogen-bond acceptors (Lipinski definition) is 3. The molecule has 1 aromatic carbocycles. The first-order valence-corrected chi connectivity index (χ1v) is 7.00. The van der Waals surface area contributed by atoms with Crippen molar-refractivity contribution < 1.29 is 14.7 Å². The first kappa shape index (κ1) is 15.7. The van der Waals surface area contributed by atoms with Gasteiger partial charge in [0.25, 0.3) is 5.91 Å². The fourth-order valence-electron chi connectivity index (χ4n) is 2.30. The number of amides is 1. The molecule has 0 aliphatic rings. The van der Waals surface area contributed by atoms with Gasteiger partial charge in [0.1, 0.15) is 0 Å². The van der Waals surface area contributed by atoms with Crippen LogP contribution in [0.15, 0.2) is 42.7 Å². The third-order valence-corrected chi connectivity index (χ3v) is 3.36. The van der Waals surface area contributed by atoms with E-state index in [0.29, 0.717) is 5.56 Å². The SMILES string of the molecule is Cc1ccc(N(CCC(=O)O)C(=O)c2ccncc2)c(C)c1. The number of rotatable bonds is 5. The average Bonchev–Trinajstić information content (AvgIpc) is 2.49. The van der Waals surface area contributed by atoms with E-state index in [1.807, 2.05) is 32.0 Å². The molecule has 2 aromatic rings. The summed E-state index contributed by atoms with van der Waals surface area (Å²) in [5.41, 5.74) is 3.25. The van der Waals surface area contributed by atoms with E-state index in [4.69, 9.17) is 5.11 Å². The minimum Gasteiger partial charge on any atom is -0.481 e. The summed E-state index contributed by atoms with van der Waals surface area (Å²) in [5, 5.41) is 8.93. The second-order valence-corrected chi connectivity index (χ2v) is 5.13. The van der Waals surface area contributed by atoms with Gasteiger partial charge in [-0.2, -0.15) is 0 Å². The standard InChI is InChI=1S/C17H18N2O3/c1-12-3-4-15(13(2)11-12)19(10-7-16(20)21)17(22)14-5-8-18-9-6-14/h3-6,8-9,11H,7,10H2,1-2H3,(H,20,21). The monoisotopic (exact) mass is 298 g/mol. The van der Waals surface area contributed by atoms with Gasteiger partial charge in [-0.1, -0.05) is 17.7 Å². The number of hydrogen-bond donors (Lipinski definition) is 1. The van der Waals surface area contributed by atoms with Crippen molar-refractivity contribution in [1.82, 2.24) is 4.98 Å². The van der Waals surface area contributed by atoms with E-state index in [2.05, 4.69) is 4.98 Å². The molecule has 2 rings (SSSR count). The molecule has 0 radical (unpaired) electrons. The van der Waals surface area contributed by atoms with Crippen LogP contribution in [-0.2, 0) is 4.79 Å². The van der Waals surface area contributed by atoms with Crippen molar-refractivity contribution in [2.45, 2.75) is 20.3 Å². The molecule has 0 saturated heterocycles. The van der Waals surface area contributed by atoms with Gasteiger partial charge in [0, 0.05) is 30.2 Å². The summed E-state index contributed by atoms with van der Waals surface area (Å²) in [4.78, 5) is 29.0. The average molecular weight is 298 g/mol. The highest BCUT2D eigenvalue weighted by atomic mass is 16.4. The summed E-state index contributed by atoms with van der Waals surface area (Å²) in [6, 6.07) is 8.99. The maximum Gasteiger partial charge on any atom is 0.305 e. The van der Waals surface area contributed by atoms with Crippen LogP contribution in [0.25, 0.3) is 0 Å². The van der Waals surface area contributed by atoms with Crippen molar-refractivity contribution in [1.29, 1.82) is 0 Å². The van der Waals surface area contributed by atoms with Crippen LogP contribution in [0.4, 0.5) is 5.69 Å².